The number of esters is 2. The molecule has 122 valence electrons. The highest BCUT2D eigenvalue weighted by atomic mass is 19.1. The normalized spacial score (nSPS) is 10.4. The smallest absolute Gasteiger partial charge is 0.355 e. The summed E-state index contributed by atoms with van der Waals surface area (Å²) < 4.78 is 24.2. The molecule has 0 bridgehead atoms. The lowest BCUT2D eigenvalue weighted by Gasteiger charge is -2.21. The molecule has 0 aromatic heterocycles. The second-order valence-corrected chi connectivity index (χ2v) is 4.70. The SMILES string of the molecule is CCCCC(F)(C(=O)OCCCC#N)C(=O)OCCCC#N. The minimum atomic E-state index is -2.82. The molecule has 0 radical (unpaired) electrons. The van der Waals surface area contributed by atoms with Crippen LogP contribution >= 0.6 is 0 Å². The average molecular weight is 312 g/mol. The lowest BCUT2D eigenvalue weighted by Crippen LogP contribution is -2.45. The van der Waals surface area contributed by atoms with Gasteiger partial charge in [0.1, 0.15) is 0 Å². The lowest BCUT2D eigenvalue weighted by molar-refractivity contribution is -0.175. The molecule has 0 aliphatic carbocycles. The lowest BCUT2D eigenvalue weighted by atomic mass is 9.99. The van der Waals surface area contributed by atoms with E-state index in [1.54, 1.807) is 6.92 Å². The van der Waals surface area contributed by atoms with Gasteiger partial charge in [-0.1, -0.05) is 13.3 Å². The Balaban J connectivity index is 4.60. The van der Waals surface area contributed by atoms with Crippen molar-refractivity contribution in [1.29, 1.82) is 10.5 Å². The second-order valence-electron chi connectivity index (χ2n) is 4.70. The third-order valence-corrected chi connectivity index (χ3v) is 2.85. The molecule has 0 N–H and O–H groups in total. The van der Waals surface area contributed by atoms with Crippen molar-refractivity contribution in [2.45, 2.75) is 57.5 Å². The van der Waals surface area contributed by atoms with E-state index in [-0.39, 0.29) is 45.3 Å². The van der Waals surface area contributed by atoms with Crippen LogP contribution in [0.4, 0.5) is 4.39 Å². The number of unbranched alkanes of at least 4 members (excludes halogenated alkanes) is 3. The second kappa shape index (κ2) is 11.5. The van der Waals surface area contributed by atoms with Gasteiger partial charge in [0, 0.05) is 19.3 Å². The zero-order chi connectivity index (χ0) is 16.8. The monoisotopic (exact) mass is 312 g/mol. The molecule has 0 atom stereocenters. The summed E-state index contributed by atoms with van der Waals surface area (Å²) in [6.45, 7) is 1.56. The number of ether oxygens (including phenoxy) is 2. The van der Waals surface area contributed by atoms with E-state index in [4.69, 9.17) is 20.0 Å². The van der Waals surface area contributed by atoms with Crippen LogP contribution in [0.1, 0.15) is 51.9 Å². The van der Waals surface area contributed by atoms with Gasteiger partial charge in [0.25, 0.3) is 0 Å². The minimum Gasteiger partial charge on any atom is -0.463 e. The Hall–Kier alpha value is -2.15. The molecule has 0 aromatic carbocycles. The van der Waals surface area contributed by atoms with Gasteiger partial charge in [-0.2, -0.15) is 10.5 Å². The van der Waals surface area contributed by atoms with Crippen LogP contribution in [0, 0.1) is 22.7 Å². The van der Waals surface area contributed by atoms with Crippen LogP contribution in [-0.2, 0) is 19.1 Å². The molecule has 7 heteroatoms. The summed E-state index contributed by atoms with van der Waals surface area (Å²) in [6.07, 6.45) is 1.55. The molecule has 0 aliphatic rings. The number of alkyl halides is 1. The highest BCUT2D eigenvalue weighted by Gasteiger charge is 2.49. The number of hydrogen-bond acceptors (Lipinski definition) is 6. The van der Waals surface area contributed by atoms with Gasteiger partial charge in [-0.3, -0.25) is 0 Å². The van der Waals surface area contributed by atoms with Crippen LogP contribution in [-0.4, -0.2) is 30.8 Å². The summed E-state index contributed by atoms with van der Waals surface area (Å²) >= 11 is 0. The summed E-state index contributed by atoms with van der Waals surface area (Å²) in [6, 6.07) is 3.75. The van der Waals surface area contributed by atoms with Crippen LogP contribution in [0.2, 0.25) is 0 Å². The van der Waals surface area contributed by atoms with E-state index in [0.29, 0.717) is 12.8 Å². The van der Waals surface area contributed by atoms with Crippen LogP contribution in [0.15, 0.2) is 0 Å². The Bertz CT molecular complexity index is 406. The van der Waals surface area contributed by atoms with Crippen molar-refractivity contribution in [3.05, 3.63) is 0 Å². The third-order valence-electron chi connectivity index (χ3n) is 2.85. The summed E-state index contributed by atoms with van der Waals surface area (Å²) in [7, 11) is 0. The fraction of sp³-hybridized carbons (Fsp3) is 0.733. The predicted octanol–water partition coefficient (Wildman–Crippen LogP) is 2.58. The van der Waals surface area contributed by atoms with E-state index in [1.165, 1.54) is 0 Å². The Kier molecular flexibility index (Phi) is 10.4. The Morgan fingerprint density at radius 1 is 1.00 bits per heavy atom. The van der Waals surface area contributed by atoms with Crippen molar-refractivity contribution >= 4 is 11.9 Å². The molecular weight excluding hydrogens is 291 g/mol. The first-order valence-corrected chi connectivity index (χ1v) is 7.30. The number of rotatable bonds is 11. The first kappa shape index (κ1) is 19.9. The van der Waals surface area contributed by atoms with Crippen molar-refractivity contribution < 1.29 is 23.5 Å². The average Bonchev–Trinajstić information content (AvgIpc) is 2.52. The molecule has 0 rings (SSSR count). The highest BCUT2D eigenvalue weighted by molar-refractivity contribution is 6.03. The number of carbonyl (C=O) groups is 2. The van der Waals surface area contributed by atoms with Gasteiger partial charge in [0.05, 0.1) is 25.4 Å². The molecule has 0 amide bonds. The minimum absolute atomic E-state index is 0.119. The molecule has 0 aromatic rings. The maximum atomic E-state index is 14.7. The fourth-order valence-corrected chi connectivity index (χ4v) is 1.57. The summed E-state index contributed by atoms with van der Waals surface area (Å²) in [5.41, 5.74) is -2.82. The molecule has 6 nitrogen and oxygen atoms in total. The Labute approximate surface area is 129 Å². The van der Waals surface area contributed by atoms with Gasteiger partial charge < -0.3 is 9.47 Å². The molecule has 0 saturated carbocycles. The van der Waals surface area contributed by atoms with Crippen molar-refractivity contribution in [2.75, 3.05) is 13.2 Å². The van der Waals surface area contributed by atoms with E-state index in [9.17, 15) is 14.0 Å². The first-order valence-electron chi connectivity index (χ1n) is 7.30. The van der Waals surface area contributed by atoms with Crippen molar-refractivity contribution in [3.63, 3.8) is 0 Å². The van der Waals surface area contributed by atoms with Gasteiger partial charge in [-0.05, 0) is 19.3 Å². The molecule has 0 unspecified atom stereocenters. The van der Waals surface area contributed by atoms with E-state index < -0.39 is 17.6 Å². The molecule has 0 heterocycles. The zero-order valence-corrected chi connectivity index (χ0v) is 12.8. The van der Waals surface area contributed by atoms with Crippen LogP contribution in [0.3, 0.4) is 0 Å². The highest BCUT2D eigenvalue weighted by Crippen LogP contribution is 2.24. The summed E-state index contributed by atoms with van der Waals surface area (Å²) in [5, 5.41) is 16.7. The van der Waals surface area contributed by atoms with Gasteiger partial charge in [-0.15, -0.1) is 0 Å². The largest absolute Gasteiger partial charge is 0.463 e. The first-order chi connectivity index (χ1) is 10.5. The maximum absolute atomic E-state index is 14.7. The van der Waals surface area contributed by atoms with Gasteiger partial charge in [0.2, 0.25) is 0 Å². The van der Waals surface area contributed by atoms with E-state index in [1.807, 2.05) is 12.1 Å². The van der Waals surface area contributed by atoms with Crippen molar-refractivity contribution in [3.8, 4) is 12.1 Å². The maximum Gasteiger partial charge on any atom is 0.355 e. The quantitative estimate of drug-likeness (QED) is 0.330. The fourth-order valence-electron chi connectivity index (χ4n) is 1.57. The van der Waals surface area contributed by atoms with E-state index in [2.05, 4.69) is 0 Å². The topological polar surface area (TPSA) is 100 Å². The predicted molar refractivity (Wildman–Crippen MR) is 75.0 cm³/mol. The summed E-state index contributed by atoms with van der Waals surface area (Å²) in [4.78, 5) is 23.7. The molecule has 0 fully saturated rings. The van der Waals surface area contributed by atoms with E-state index >= 15 is 0 Å². The molecule has 0 spiro atoms. The third kappa shape index (κ3) is 7.03. The van der Waals surface area contributed by atoms with Crippen LogP contribution in [0.5, 0.6) is 0 Å². The van der Waals surface area contributed by atoms with Crippen molar-refractivity contribution in [1.82, 2.24) is 0 Å². The van der Waals surface area contributed by atoms with Crippen molar-refractivity contribution in [2.24, 2.45) is 0 Å². The Morgan fingerprint density at radius 2 is 1.45 bits per heavy atom. The number of nitriles is 2. The van der Waals surface area contributed by atoms with Crippen LogP contribution < -0.4 is 0 Å². The number of halogens is 1. The van der Waals surface area contributed by atoms with Gasteiger partial charge in [0.15, 0.2) is 0 Å². The Morgan fingerprint density at radius 3 is 1.82 bits per heavy atom. The number of nitrogens with zero attached hydrogens (tertiary/aromatic N) is 2. The number of hydrogen-bond donors (Lipinski definition) is 0. The summed E-state index contributed by atoms with van der Waals surface area (Å²) in [5.74, 6) is -2.55. The van der Waals surface area contributed by atoms with Crippen LogP contribution in [0.25, 0.3) is 0 Å². The molecule has 22 heavy (non-hydrogen) atoms. The van der Waals surface area contributed by atoms with Gasteiger partial charge in [-0.25, -0.2) is 14.0 Å². The zero-order valence-electron chi connectivity index (χ0n) is 12.8. The molecule has 0 saturated heterocycles. The molecule has 0 aliphatic heterocycles. The van der Waals surface area contributed by atoms with E-state index in [0.717, 1.165) is 0 Å². The molecular formula is C15H21FN2O4. The van der Waals surface area contributed by atoms with Gasteiger partial charge >= 0.3 is 17.6 Å². The number of carbonyl (C=O) groups excluding carboxylic acids is 2. The standard InChI is InChI=1S/C15H21FN2O4/c1-2-3-8-15(16,13(19)21-11-6-4-9-17)14(20)22-12-7-5-10-18/h2-8,11-12H2,1H3.